The summed E-state index contributed by atoms with van der Waals surface area (Å²) in [5.41, 5.74) is 0.749. The molecule has 0 saturated heterocycles. The van der Waals surface area contributed by atoms with Crippen molar-refractivity contribution in [1.29, 1.82) is 0 Å². The van der Waals surface area contributed by atoms with Crippen molar-refractivity contribution in [2.24, 2.45) is 5.92 Å². The van der Waals surface area contributed by atoms with Gasteiger partial charge >= 0.3 is 5.97 Å². The summed E-state index contributed by atoms with van der Waals surface area (Å²) in [4.78, 5) is 10.3. The fraction of sp³-hybridized carbons (Fsp3) is 0.727. The number of nitrogens with one attached hydrogen (secondary N) is 1. The first-order valence-electron chi connectivity index (χ1n) is 5.20. The molecule has 0 saturated carbocycles. The Morgan fingerprint density at radius 2 is 2.07 bits per heavy atom. The summed E-state index contributed by atoms with van der Waals surface area (Å²) < 4.78 is 0. The summed E-state index contributed by atoms with van der Waals surface area (Å²) in [6.45, 7) is 6.86. The zero-order valence-corrected chi connectivity index (χ0v) is 9.66. The molecule has 88 valence electrons. The van der Waals surface area contributed by atoms with E-state index in [-0.39, 0.29) is 6.10 Å². The molecule has 0 bridgehead atoms. The zero-order valence-electron chi connectivity index (χ0n) is 9.66. The molecule has 0 fully saturated rings. The van der Waals surface area contributed by atoms with E-state index < -0.39 is 5.97 Å². The Balaban J connectivity index is 3.65. The second kappa shape index (κ2) is 7.43. The van der Waals surface area contributed by atoms with E-state index in [1.54, 1.807) is 6.92 Å². The maximum absolute atomic E-state index is 10.3. The van der Waals surface area contributed by atoms with Crippen molar-refractivity contribution >= 4 is 5.97 Å². The van der Waals surface area contributed by atoms with Gasteiger partial charge in [-0.15, -0.1) is 0 Å². The number of carboxylic acid groups (broad SMARTS) is 1. The third kappa shape index (κ3) is 9.43. The van der Waals surface area contributed by atoms with Crippen LogP contribution in [-0.4, -0.2) is 35.4 Å². The molecule has 0 aromatic carbocycles. The summed E-state index contributed by atoms with van der Waals surface area (Å²) >= 11 is 0. The summed E-state index contributed by atoms with van der Waals surface area (Å²) in [6.07, 6.45) is 1.57. The van der Waals surface area contributed by atoms with E-state index in [1.165, 1.54) is 6.08 Å². The lowest BCUT2D eigenvalue weighted by atomic mass is 10.1. The van der Waals surface area contributed by atoms with E-state index in [4.69, 9.17) is 5.11 Å². The monoisotopic (exact) mass is 215 g/mol. The van der Waals surface area contributed by atoms with E-state index in [9.17, 15) is 9.90 Å². The topological polar surface area (TPSA) is 69.6 Å². The standard InChI is InChI=1S/C11H21NO3/c1-8(2)4-10(13)7-12-6-9(3)5-11(14)15/h5,8,10,12-13H,4,6-7H2,1-3H3,(H,14,15). The molecule has 0 amide bonds. The van der Waals surface area contributed by atoms with E-state index >= 15 is 0 Å². The number of hydrogen-bond acceptors (Lipinski definition) is 3. The van der Waals surface area contributed by atoms with Crippen molar-refractivity contribution in [3.05, 3.63) is 11.6 Å². The van der Waals surface area contributed by atoms with Crippen LogP contribution in [0, 0.1) is 5.92 Å². The van der Waals surface area contributed by atoms with Gasteiger partial charge in [0.05, 0.1) is 6.10 Å². The molecule has 4 heteroatoms. The van der Waals surface area contributed by atoms with Crippen LogP contribution in [-0.2, 0) is 4.79 Å². The second-order valence-electron chi connectivity index (χ2n) is 4.24. The SMILES string of the molecule is CC(=CC(=O)O)CNCC(O)CC(C)C. The molecule has 0 aliphatic rings. The number of carboxylic acids is 1. The molecule has 15 heavy (non-hydrogen) atoms. The maximum atomic E-state index is 10.3. The first-order chi connectivity index (χ1) is 6.91. The quantitative estimate of drug-likeness (QED) is 0.554. The largest absolute Gasteiger partial charge is 0.478 e. The van der Waals surface area contributed by atoms with Crippen LogP contribution in [0.3, 0.4) is 0 Å². The Kier molecular flexibility index (Phi) is 6.99. The van der Waals surface area contributed by atoms with Crippen LogP contribution >= 0.6 is 0 Å². The summed E-state index contributed by atoms with van der Waals surface area (Å²) in [6, 6.07) is 0. The highest BCUT2D eigenvalue weighted by Crippen LogP contribution is 2.03. The lowest BCUT2D eigenvalue weighted by Crippen LogP contribution is -2.29. The van der Waals surface area contributed by atoms with Gasteiger partial charge in [-0.25, -0.2) is 4.79 Å². The molecule has 0 rings (SSSR count). The fourth-order valence-corrected chi connectivity index (χ4v) is 1.33. The van der Waals surface area contributed by atoms with Gasteiger partial charge in [0.25, 0.3) is 0 Å². The number of rotatable bonds is 7. The van der Waals surface area contributed by atoms with Crippen LogP contribution in [0.1, 0.15) is 27.2 Å². The van der Waals surface area contributed by atoms with Crippen LogP contribution in [0.5, 0.6) is 0 Å². The minimum Gasteiger partial charge on any atom is -0.478 e. The highest BCUT2D eigenvalue weighted by molar-refractivity contribution is 5.80. The van der Waals surface area contributed by atoms with E-state index in [0.717, 1.165) is 12.0 Å². The Morgan fingerprint density at radius 3 is 2.53 bits per heavy atom. The predicted molar refractivity (Wildman–Crippen MR) is 59.7 cm³/mol. The Hall–Kier alpha value is -0.870. The Labute approximate surface area is 91.0 Å². The van der Waals surface area contributed by atoms with Gasteiger partial charge in [0, 0.05) is 19.2 Å². The highest BCUT2D eigenvalue weighted by Gasteiger charge is 2.05. The molecule has 0 heterocycles. The van der Waals surface area contributed by atoms with Gasteiger partial charge < -0.3 is 15.5 Å². The number of carbonyl (C=O) groups is 1. The minimum atomic E-state index is -0.933. The van der Waals surface area contributed by atoms with Gasteiger partial charge in [-0.05, 0) is 19.3 Å². The van der Waals surface area contributed by atoms with E-state index in [1.807, 2.05) is 0 Å². The normalized spacial score (nSPS) is 14.3. The molecule has 1 unspecified atom stereocenters. The van der Waals surface area contributed by atoms with Crippen molar-refractivity contribution in [3.8, 4) is 0 Å². The average molecular weight is 215 g/mol. The number of aliphatic hydroxyl groups excluding tert-OH is 1. The lowest BCUT2D eigenvalue weighted by Gasteiger charge is -2.13. The maximum Gasteiger partial charge on any atom is 0.328 e. The van der Waals surface area contributed by atoms with Gasteiger partial charge in [0.2, 0.25) is 0 Å². The van der Waals surface area contributed by atoms with Gasteiger partial charge in [-0.1, -0.05) is 19.4 Å². The molecular formula is C11H21NO3. The highest BCUT2D eigenvalue weighted by atomic mass is 16.4. The summed E-state index contributed by atoms with van der Waals surface area (Å²) in [5.74, 6) is -0.463. The smallest absolute Gasteiger partial charge is 0.328 e. The van der Waals surface area contributed by atoms with Gasteiger partial charge in [-0.3, -0.25) is 0 Å². The lowest BCUT2D eigenvalue weighted by molar-refractivity contribution is -0.131. The number of aliphatic carboxylic acids is 1. The van der Waals surface area contributed by atoms with Crippen LogP contribution in [0.2, 0.25) is 0 Å². The minimum absolute atomic E-state index is 0.359. The molecule has 0 aromatic heterocycles. The predicted octanol–water partition coefficient (Wildman–Crippen LogP) is 1.01. The molecule has 0 radical (unpaired) electrons. The summed E-state index contributed by atoms with van der Waals surface area (Å²) in [5, 5.41) is 21.0. The first-order valence-corrected chi connectivity index (χ1v) is 5.20. The number of aliphatic hydroxyl groups is 1. The molecule has 0 aliphatic heterocycles. The van der Waals surface area contributed by atoms with Crippen molar-refractivity contribution in [2.75, 3.05) is 13.1 Å². The second-order valence-corrected chi connectivity index (χ2v) is 4.24. The fourth-order valence-electron chi connectivity index (χ4n) is 1.33. The summed E-state index contributed by atoms with van der Waals surface area (Å²) in [7, 11) is 0. The Bertz CT molecular complexity index is 224. The zero-order chi connectivity index (χ0) is 11.8. The van der Waals surface area contributed by atoms with Crippen molar-refractivity contribution < 1.29 is 15.0 Å². The first kappa shape index (κ1) is 14.1. The van der Waals surface area contributed by atoms with Crippen LogP contribution in [0.25, 0.3) is 0 Å². The van der Waals surface area contributed by atoms with Gasteiger partial charge in [0.15, 0.2) is 0 Å². The van der Waals surface area contributed by atoms with Crippen molar-refractivity contribution in [1.82, 2.24) is 5.32 Å². The van der Waals surface area contributed by atoms with Crippen LogP contribution in [0.15, 0.2) is 11.6 Å². The third-order valence-electron chi connectivity index (χ3n) is 1.90. The van der Waals surface area contributed by atoms with Crippen molar-refractivity contribution in [3.63, 3.8) is 0 Å². The number of hydrogen-bond donors (Lipinski definition) is 3. The molecule has 0 aliphatic carbocycles. The molecule has 0 spiro atoms. The van der Waals surface area contributed by atoms with Gasteiger partial charge in [-0.2, -0.15) is 0 Å². The van der Waals surface area contributed by atoms with Crippen molar-refractivity contribution in [2.45, 2.75) is 33.3 Å². The average Bonchev–Trinajstić information content (AvgIpc) is 2.00. The molecule has 0 aromatic rings. The Morgan fingerprint density at radius 1 is 1.47 bits per heavy atom. The molecule has 1 atom stereocenters. The van der Waals surface area contributed by atoms with E-state index in [0.29, 0.717) is 19.0 Å². The van der Waals surface area contributed by atoms with Crippen LogP contribution in [0.4, 0.5) is 0 Å². The molecule has 4 nitrogen and oxygen atoms in total. The molecular weight excluding hydrogens is 194 g/mol. The van der Waals surface area contributed by atoms with Crippen LogP contribution < -0.4 is 5.32 Å². The van der Waals surface area contributed by atoms with Gasteiger partial charge in [0.1, 0.15) is 0 Å². The molecule has 3 N–H and O–H groups in total. The van der Waals surface area contributed by atoms with E-state index in [2.05, 4.69) is 19.2 Å². The third-order valence-corrected chi connectivity index (χ3v) is 1.90.